The number of anilines is 1. The van der Waals surface area contributed by atoms with Gasteiger partial charge in [-0.25, -0.2) is 0 Å². The van der Waals surface area contributed by atoms with Gasteiger partial charge in [-0.05, 0) is 30.7 Å². The highest BCUT2D eigenvalue weighted by Crippen LogP contribution is 2.12. The largest absolute Gasteiger partial charge is 0.325 e. The quantitative estimate of drug-likeness (QED) is 0.839. The molecule has 1 amide bonds. The van der Waals surface area contributed by atoms with Crippen molar-refractivity contribution in [2.75, 3.05) is 5.32 Å². The van der Waals surface area contributed by atoms with E-state index in [0.29, 0.717) is 6.42 Å². The van der Waals surface area contributed by atoms with Crippen molar-refractivity contribution in [1.29, 1.82) is 0 Å². The Morgan fingerprint density at radius 1 is 1.30 bits per heavy atom. The summed E-state index contributed by atoms with van der Waals surface area (Å²) in [6.07, 6.45) is 5.92. The van der Waals surface area contributed by atoms with Crippen molar-refractivity contribution in [1.82, 2.24) is 15.0 Å². The van der Waals surface area contributed by atoms with Gasteiger partial charge in [0.25, 0.3) is 0 Å². The summed E-state index contributed by atoms with van der Waals surface area (Å²) in [5.74, 6) is -0.150. The molecule has 0 saturated heterocycles. The molecule has 2 aromatic rings. The Kier molecular flexibility index (Phi) is 4.84. The summed E-state index contributed by atoms with van der Waals surface area (Å²) < 4.78 is 0. The van der Waals surface area contributed by atoms with Gasteiger partial charge in [0.15, 0.2) is 0 Å². The molecule has 3 N–H and O–H groups in total. The van der Waals surface area contributed by atoms with Crippen LogP contribution >= 0.6 is 0 Å². The molecule has 1 aromatic carbocycles. The Morgan fingerprint density at radius 2 is 1.95 bits per heavy atom. The van der Waals surface area contributed by atoms with Gasteiger partial charge in [0.1, 0.15) is 0 Å². The highest BCUT2D eigenvalue weighted by Gasteiger charge is 2.12. The highest BCUT2D eigenvalue weighted by molar-refractivity contribution is 5.94. The Bertz CT molecular complexity index is 535. The first kappa shape index (κ1) is 14.2. The first-order chi connectivity index (χ1) is 9.70. The predicted molar refractivity (Wildman–Crippen MR) is 77.5 cm³/mol. The minimum Gasteiger partial charge on any atom is -0.325 e. The molecular weight excluding hydrogens is 254 g/mol. The van der Waals surface area contributed by atoms with E-state index in [4.69, 9.17) is 5.73 Å². The maximum atomic E-state index is 11.9. The van der Waals surface area contributed by atoms with Crippen molar-refractivity contribution in [3.05, 3.63) is 36.7 Å². The Morgan fingerprint density at radius 3 is 2.55 bits per heavy atom. The average Bonchev–Trinajstić information content (AvgIpc) is 2.99. The minimum atomic E-state index is -0.456. The van der Waals surface area contributed by atoms with Crippen LogP contribution in [0.2, 0.25) is 0 Å². The summed E-state index contributed by atoms with van der Waals surface area (Å²) in [4.78, 5) is 13.4. The van der Waals surface area contributed by atoms with Crippen LogP contribution in [-0.2, 0) is 4.79 Å². The van der Waals surface area contributed by atoms with Gasteiger partial charge in [0, 0.05) is 5.69 Å². The van der Waals surface area contributed by atoms with Crippen molar-refractivity contribution >= 4 is 11.6 Å². The fraction of sp³-hybridized carbons (Fsp3) is 0.357. The molecule has 1 unspecified atom stereocenters. The van der Waals surface area contributed by atoms with Crippen LogP contribution in [0, 0.1) is 0 Å². The van der Waals surface area contributed by atoms with Crippen molar-refractivity contribution in [2.45, 2.75) is 32.2 Å². The summed E-state index contributed by atoms with van der Waals surface area (Å²) >= 11 is 0. The van der Waals surface area contributed by atoms with Crippen LogP contribution in [0.4, 0.5) is 5.69 Å². The van der Waals surface area contributed by atoms with E-state index in [2.05, 4.69) is 22.4 Å². The zero-order valence-corrected chi connectivity index (χ0v) is 11.5. The molecule has 1 heterocycles. The third-order valence-electron chi connectivity index (χ3n) is 2.99. The molecule has 6 nitrogen and oxygen atoms in total. The Hall–Kier alpha value is -2.21. The lowest BCUT2D eigenvalue weighted by Gasteiger charge is -2.12. The summed E-state index contributed by atoms with van der Waals surface area (Å²) in [7, 11) is 0. The fourth-order valence-corrected chi connectivity index (χ4v) is 1.82. The molecule has 0 saturated carbocycles. The number of carbonyl (C=O) groups excluding carboxylic acids is 1. The third-order valence-corrected chi connectivity index (χ3v) is 2.99. The number of benzene rings is 1. The van der Waals surface area contributed by atoms with Crippen LogP contribution < -0.4 is 11.1 Å². The number of hydrogen-bond acceptors (Lipinski definition) is 4. The van der Waals surface area contributed by atoms with E-state index in [0.717, 1.165) is 24.2 Å². The number of nitrogens with one attached hydrogen (secondary N) is 1. The van der Waals surface area contributed by atoms with E-state index >= 15 is 0 Å². The van der Waals surface area contributed by atoms with E-state index in [-0.39, 0.29) is 5.91 Å². The number of unbranched alkanes of at least 4 members (excludes halogenated alkanes) is 1. The first-order valence-electron chi connectivity index (χ1n) is 6.74. The van der Waals surface area contributed by atoms with E-state index in [1.807, 2.05) is 24.3 Å². The van der Waals surface area contributed by atoms with Crippen LogP contribution in [0.3, 0.4) is 0 Å². The number of nitrogens with zero attached hydrogens (tertiary/aromatic N) is 3. The molecule has 106 valence electrons. The normalized spacial score (nSPS) is 12.1. The van der Waals surface area contributed by atoms with Crippen molar-refractivity contribution in [3.8, 4) is 5.69 Å². The van der Waals surface area contributed by atoms with Crippen LogP contribution in [0.1, 0.15) is 26.2 Å². The molecule has 0 aliphatic rings. The van der Waals surface area contributed by atoms with Gasteiger partial charge in [0.2, 0.25) is 5.91 Å². The standard InChI is InChI=1S/C14H19N5O/c1-2-3-4-13(15)14(20)18-11-5-7-12(8-6-11)19-16-9-10-17-19/h5-10,13H,2-4,15H2,1H3,(H,18,20). The molecule has 6 heteroatoms. The molecule has 1 atom stereocenters. The maximum absolute atomic E-state index is 11.9. The summed E-state index contributed by atoms with van der Waals surface area (Å²) in [5, 5.41) is 10.9. The number of carbonyl (C=O) groups is 1. The summed E-state index contributed by atoms with van der Waals surface area (Å²) in [6, 6.07) is 6.84. The van der Waals surface area contributed by atoms with Gasteiger partial charge < -0.3 is 11.1 Å². The monoisotopic (exact) mass is 273 g/mol. The average molecular weight is 273 g/mol. The van der Waals surface area contributed by atoms with Crippen LogP contribution in [0.5, 0.6) is 0 Å². The van der Waals surface area contributed by atoms with Crippen molar-refractivity contribution in [2.24, 2.45) is 5.73 Å². The molecule has 0 spiro atoms. The lowest BCUT2D eigenvalue weighted by molar-refractivity contribution is -0.117. The number of aromatic nitrogens is 3. The Balaban J connectivity index is 1.95. The van der Waals surface area contributed by atoms with Gasteiger partial charge in [0.05, 0.1) is 24.1 Å². The molecule has 0 aliphatic carbocycles. The van der Waals surface area contributed by atoms with E-state index < -0.39 is 6.04 Å². The first-order valence-corrected chi connectivity index (χ1v) is 6.74. The number of hydrogen-bond donors (Lipinski definition) is 2. The van der Waals surface area contributed by atoms with Crippen LogP contribution in [-0.4, -0.2) is 26.9 Å². The fourth-order valence-electron chi connectivity index (χ4n) is 1.82. The van der Waals surface area contributed by atoms with Crippen molar-refractivity contribution < 1.29 is 4.79 Å². The molecule has 1 aromatic heterocycles. The van der Waals surface area contributed by atoms with Crippen molar-refractivity contribution in [3.63, 3.8) is 0 Å². The van der Waals surface area contributed by atoms with Gasteiger partial charge >= 0.3 is 0 Å². The summed E-state index contributed by atoms with van der Waals surface area (Å²) in [5.41, 5.74) is 7.38. The number of nitrogens with two attached hydrogens (primary N) is 1. The second-order valence-corrected chi connectivity index (χ2v) is 4.60. The van der Waals surface area contributed by atoms with E-state index in [9.17, 15) is 4.79 Å². The predicted octanol–water partition coefficient (Wildman–Crippen LogP) is 1.72. The molecular formula is C14H19N5O. The topological polar surface area (TPSA) is 85.8 Å². The Labute approximate surface area is 118 Å². The van der Waals surface area contributed by atoms with E-state index in [1.165, 1.54) is 4.80 Å². The minimum absolute atomic E-state index is 0.150. The lowest BCUT2D eigenvalue weighted by Crippen LogP contribution is -2.35. The van der Waals surface area contributed by atoms with Gasteiger partial charge in [-0.1, -0.05) is 19.8 Å². The zero-order chi connectivity index (χ0) is 14.4. The lowest BCUT2D eigenvalue weighted by atomic mass is 10.1. The smallest absolute Gasteiger partial charge is 0.241 e. The SMILES string of the molecule is CCCCC(N)C(=O)Nc1ccc(-n2nccn2)cc1. The summed E-state index contributed by atoms with van der Waals surface area (Å²) in [6.45, 7) is 2.08. The number of amides is 1. The maximum Gasteiger partial charge on any atom is 0.241 e. The third kappa shape index (κ3) is 3.64. The molecule has 0 bridgehead atoms. The molecule has 20 heavy (non-hydrogen) atoms. The van der Waals surface area contributed by atoms with Crippen LogP contribution in [0.25, 0.3) is 5.69 Å². The highest BCUT2D eigenvalue weighted by atomic mass is 16.2. The van der Waals surface area contributed by atoms with Gasteiger partial charge in [-0.15, -0.1) is 0 Å². The van der Waals surface area contributed by atoms with Gasteiger partial charge in [-0.3, -0.25) is 4.79 Å². The molecule has 0 aliphatic heterocycles. The molecule has 0 fully saturated rings. The van der Waals surface area contributed by atoms with Gasteiger partial charge in [-0.2, -0.15) is 15.0 Å². The van der Waals surface area contributed by atoms with Crippen LogP contribution in [0.15, 0.2) is 36.7 Å². The molecule has 2 rings (SSSR count). The zero-order valence-electron chi connectivity index (χ0n) is 11.5. The second kappa shape index (κ2) is 6.81. The number of rotatable bonds is 6. The molecule has 0 radical (unpaired) electrons. The van der Waals surface area contributed by atoms with E-state index in [1.54, 1.807) is 12.4 Å². The second-order valence-electron chi connectivity index (χ2n) is 4.60.